The van der Waals surface area contributed by atoms with Gasteiger partial charge in [0.15, 0.2) is 0 Å². The molecule has 0 aromatic carbocycles. The molecule has 8 heteroatoms. The fourth-order valence-electron chi connectivity index (χ4n) is 2.60. The van der Waals surface area contributed by atoms with Crippen molar-refractivity contribution in [2.75, 3.05) is 0 Å². The Labute approximate surface area is 132 Å². The van der Waals surface area contributed by atoms with Crippen LogP contribution in [-0.2, 0) is 20.0 Å². The van der Waals surface area contributed by atoms with Gasteiger partial charge in [-0.1, -0.05) is 23.2 Å². The fraction of sp³-hybridized carbons (Fsp3) is 0.462. The normalized spacial score (nSPS) is 17.6. The molecule has 2 aromatic rings. The highest BCUT2D eigenvalue weighted by Crippen LogP contribution is 2.25. The standard InChI is InChI=1S/C13H15Cl2N5O/c1-7-17-18-11-4-3-8(6-20(7)11)16-13(21)10-5-9(14)12(15)19(10)2/h5,8H,3-4,6H2,1-2H3,(H,16,21)/t8-/m0/s1. The summed E-state index contributed by atoms with van der Waals surface area (Å²) in [6.07, 6.45) is 1.65. The van der Waals surface area contributed by atoms with Crippen LogP contribution in [0, 0.1) is 6.92 Å². The van der Waals surface area contributed by atoms with Crippen LogP contribution in [0.15, 0.2) is 6.07 Å². The Balaban J connectivity index is 1.74. The molecular formula is C13H15Cl2N5O. The first kappa shape index (κ1) is 14.4. The molecule has 0 saturated heterocycles. The lowest BCUT2D eigenvalue weighted by Gasteiger charge is -2.25. The van der Waals surface area contributed by atoms with Crippen LogP contribution < -0.4 is 5.32 Å². The zero-order chi connectivity index (χ0) is 15.1. The summed E-state index contributed by atoms with van der Waals surface area (Å²) in [6, 6.07) is 1.63. The van der Waals surface area contributed by atoms with Gasteiger partial charge in [-0.3, -0.25) is 4.79 Å². The molecule has 0 spiro atoms. The molecule has 1 aliphatic heterocycles. The lowest BCUT2D eigenvalue weighted by atomic mass is 10.1. The molecule has 2 aromatic heterocycles. The molecule has 0 fully saturated rings. The number of nitrogens with one attached hydrogen (secondary N) is 1. The fourth-order valence-corrected chi connectivity index (χ4v) is 2.98. The minimum atomic E-state index is -0.175. The highest BCUT2D eigenvalue weighted by molar-refractivity contribution is 6.41. The minimum absolute atomic E-state index is 0.0483. The number of hydrogen-bond donors (Lipinski definition) is 1. The van der Waals surface area contributed by atoms with E-state index in [-0.39, 0.29) is 11.9 Å². The maximum Gasteiger partial charge on any atom is 0.268 e. The van der Waals surface area contributed by atoms with E-state index in [9.17, 15) is 4.79 Å². The molecule has 1 aliphatic rings. The number of carbonyl (C=O) groups excluding carboxylic acids is 1. The first-order valence-electron chi connectivity index (χ1n) is 6.67. The minimum Gasteiger partial charge on any atom is -0.346 e. The Bertz CT molecular complexity index is 706. The molecule has 0 radical (unpaired) electrons. The highest BCUT2D eigenvalue weighted by Gasteiger charge is 2.24. The molecule has 3 heterocycles. The van der Waals surface area contributed by atoms with Crippen molar-refractivity contribution in [3.8, 4) is 0 Å². The van der Waals surface area contributed by atoms with Gasteiger partial charge < -0.3 is 14.5 Å². The van der Waals surface area contributed by atoms with Crippen LogP contribution in [0.1, 0.15) is 28.6 Å². The summed E-state index contributed by atoms with van der Waals surface area (Å²) < 4.78 is 3.62. The Hall–Kier alpha value is -1.53. The second-order valence-corrected chi connectivity index (χ2v) is 5.98. The van der Waals surface area contributed by atoms with Crippen LogP contribution in [0.4, 0.5) is 0 Å². The predicted molar refractivity (Wildman–Crippen MR) is 79.8 cm³/mol. The quantitative estimate of drug-likeness (QED) is 0.917. The summed E-state index contributed by atoms with van der Waals surface area (Å²) in [5.74, 6) is 1.67. The average Bonchev–Trinajstić information content (AvgIpc) is 2.95. The van der Waals surface area contributed by atoms with E-state index in [1.807, 2.05) is 11.5 Å². The summed E-state index contributed by atoms with van der Waals surface area (Å²) >= 11 is 11.9. The Morgan fingerprint density at radius 1 is 1.43 bits per heavy atom. The summed E-state index contributed by atoms with van der Waals surface area (Å²) in [6.45, 7) is 2.60. The second kappa shape index (κ2) is 5.35. The molecule has 0 aliphatic carbocycles. The summed E-state index contributed by atoms with van der Waals surface area (Å²) in [5.41, 5.74) is 0.455. The van der Waals surface area contributed by atoms with E-state index in [1.54, 1.807) is 17.7 Å². The lowest BCUT2D eigenvalue weighted by Crippen LogP contribution is -2.41. The third-order valence-electron chi connectivity index (χ3n) is 3.82. The van der Waals surface area contributed by atoms with E-state index in [2.05, 4.69) is 15.5 Å². The molecule has 1 N–H and O–H groups in total. The lowest BCUT2D eigenvalue weighted by molar-refractivity contribution is 0.0919. The highest BCUT2D eigenvalue weighted by atomic mass is 35.5. The molecule has 0 unspecified atom stereocenters. The number of carbonyl (C=O) groups is 1. The van der Waals surface area contributed by atoms with Crippen molar-refractivity contribution in [2.45, 2.75) is 32.4 Å². The zero-order valence-electron chi connectivity index (χ0n) is 11.7. The summed E-state index contributed by atoms with van der Waals surface area (Å²) in [7, 11) is 1.71. The molecular weight excluding hydrogens is 313 g/mol. The zero-order valence-corrected chi connectivity index (χ0v) is 13.2. The van der Waals surface area contributed by atoms with Crippen molar-refractivity contribution in [1.29, 1.82) is 0 Å². The molecule has 3 rings (SSSR count). The van der Waals surface area contributed by atoms with Crippen LogP contribution in [0.2, 0.25) is 10.2 Å². The number of aromatic nitrogens is 4. The van der Waals surface area contributed by atoms with Crippen molar-refractivity contribution >= 4 is 29.1 Å². The van der Waals surface area contributed by atoms with Crippen molar-refractivity contribution < 1.29 is 4.79 Å². The molecule has 6 nitrogen and oxygen atoms in total. The van der Waals surface area contributed by atoms with Crippen LogP contribution >= 0.6 is 23.2 Å². The van der Waals surface area contributed by atoms with Gasteiger partial charge in [0.05, 0.1) is 5.02 Å². The maximum absolute atomic E-state index is 12.3. The Kier molecular flexibility index (Phi) is 3.67. The van der Waals surface area contributed by atoms with Crippen molar-refractivity contribution in [3.05, 3.63) is 33.6 Å². The average molecular weight is 328 g/mol. The first-order valence-corrected chi connectivity index (χ1v) is 7.43. The topological polar surface area (TPSA) is 64.7 Å². The molecule has 1 atom stereocenters. The number of rotatable bonds is 2. The molecule has 1 amide bonds. The summed E-state index contributed by atoms with van der Waals surface area (Å²) in [4.78, 5) is 12.3. The molecule has 112 valence electrons. The predicted octanol–water partition coefficient (Wildman–Crippen LogP) is 1.98. The number of fused-ring (bicyclic) bond motifs is 1. The van der Waals surface area contributed by atoms with Crippen molar-refractivity contribution in [1.82, 2.24) is 24.6 Å². The van der Waals surface area contributed by atoms with Gasteiger partial charge in [-0.05, 0) is 19.4 Å². The van der Waals surface area contributed by atoms with E-state index in [1.165, 1.54) is 0 Å². The van der Waals surface area contributed by atoms with Crippen LogP contribution in [-0.4, -0.2) is 31.3 Å². The molecule has 21 heavy (non-hydrogen) atoms. The van der Waals surface area contributed by atoms with Crippen molar-refractivity contribution in [2.24, 2.45) is 7.05 Å². The van der Waals surface area contributed by atoms with E-state index in [4.69, 9.17) is 23.2 Å². The van der Waals surface area contributed by atoms with Crippen LogP contribution in [0.25, 0.3) is 0 Å². The number of amides is 1. The number of nitrogens with zero attached hydrogens (tertiary/aromatic N) is 4. The SMILES string of the molecule is Cc1nnc2n1C[C@@H](NC(=O)c1cc(Cl)c(Cl)n1C)CC2. The van der Waals surface area contributed by atoms with E-state index < -0.39 is 0 Å². The first-order chi connectivity index (χ1) is 9.97. The van der Waals surface area contributed by atoms with Gasteiger partial charge in [0, 0.05) is 26.1 Å². The molecule has 0 saturated carbocycles. The van der Waals surface area contributed by atoms with Crippen molar-refractivity contribution in [3.63, 3.8) is 0 Å². The van der Waals surface area contributed by atoms with Gasteiger partial charge in [0.2, 0.25) is 0 Å². The third kappa shape index (κ3) is 2.53. The molecule has 0 bridgehead atoms. The van der Waals surface area contributed by atoms with Gasteiger partial charge >= 0.3 is 0 Å². The van der Waals surface area contributed by atoms with Gasteiger partial charge in [0.25, 0.3) is 5.91 Å². The van der Waals surface area contributed by atoms with Crippen LogP contribution in [0.3, 0.4) is 0 Å². The number of aryl methyl sites for hydroxylation is 2. The number of hydrogen-bond acceptors (Lipinski definition) is 3. The Morgan fingerprint density at radius 3 is 2.86 bits per heavy atom. The monoisotopic (exact) mass is 327 g/mol. The van der Waals surface area contributed by atoms with Crippen LogP contribution in [0.5, 0.6) is 0 Å². The van der Waals surface area contributed by atoms with Gasteiger partial charge in [-0.15, -0.1) is 10.2 Å². The Morgan fingerprint density at radius 2 is 2.19 bits per heavy atom. The number of halogens is 2. The maximum atomic E-state index is 12.3. The van der Waals surface area contributed by atoms with Gasteiger partial charge in [0.1, 0.15) is 22.5 Å². The third-order valence-corrected chi connectivity index (χ3v) is 4.66. The van der Waals surface area contributed by atoms with E-state index in [0.717, 1.165) is 24.5 Å². The smallest absolute Gasteiger partial charge is 0.268 e. The van der Waals surface area contributed by atoms with E-state index in [0.29, 0.717) is 22.4 Å². The second-order valence-electron chi connectivity index (χ2n) is 5.21. The largest absolute Gasteiger partial charge is 0.346 e. The summed E-state index contributed by atoms with van der Waals surface area (Å²) in [5, 5.41) is 11.9. The van der Waals surface area contributed by atoms with Gasteiger partial charge in [-0.2, -0.15) is 0 Å². The van der Waals surface area contributed by atoms with Gasteiger partial charge in [-0.25, -0.2) is 0 Å². The van der Waals surface area contributed by atoms with E-state index >= 15 is 0 Å².